The van der Waals surface area contributed by atoms with Crippen molar-refractivity contribution in [2.45, 2.75) is 57.8 Å². The molecular weight excluding hydrogens is 589 g/mol. The smallest absolute Gasteiger partial charge is 0.312 e. The molecule has 6 rings (SSSR count). The van der Waals surface area contributed by atoms with Crippen molar-refractivity contribution in [3.8, 4) is 11.5 Å². The SMILES string of the molecule is COc1cc(P)c(O[C@H]2CC[C@@](C)(C(=O)OCc3cccc4ccccc34)CC2)cc1C(=O)N(C)[C@H]1[C@@H](C(=O)O)[C@@H]2C=C[C@H]1C2. The van der Waals surface area contributed by atoms with Crippen molar-refractivity contribution >= 4 is 43.2 Å². The van der Waals surface area contributed by atoms with Crippen LogP contribution < -0.4 is 14.8 Å². The summed E-state index contributed by atoms with van der Waals surface area (Å²) >= 11 is 0. The normalized spacial score (nSPS) is 26.9. The molecule has 9 heteroatoms. The number of fused-ring (bicyclic) bond motifs is 3. The average molecular weight is 630 g/mol. The molecule has 2 bridgehead atoms. The molecule has 1 amide bonds. The number of nitrogens with zero attached hydrogens (tertiary/aromatic N) is 1. The van der Waals surface area contributed by atoms with Crippen LogP contribution in [0.2, 0.25) is 0 Å². The Morgan fingerprint density at radius 2 is 1.71 bits per heavy atom. The molecule has 1 N–H and O–H groups in total. The molecule has 0 aromatic heterocycles. The van der Waals surface area contributed by atoms with Crippen molar-refractivity contribution in [3.05, 3.63) is 77.9 Å². The standard InChI is InChI=1S/C36H40NO7P/c1-36(35(41)43-20-24-9-6-8-21-7-4-5-10-26(21)24)15-13-25(14-16-36)44-29-18-27(28(42-3)19-30(29)45)33(38)37(2)32-23-12-11-22(17-23)31(32)34(39)40/h4-12,18-19,22-23,25,31-32H,13-17,20,45H2,1-3H3,(H,39,40)/t22-,23+,25-,31+,32-,36+/m1/s1. The molecule has 1 unspecified atom stereocenters. The fraction of sp³-hybridized carbons (Fsp3) is 0.417. The average Bonchev–Trinajstić information content (AvgIpc) is 3.67. The third-order valence-electron chi connectivity index (χ3n) is 10.1. The minimum Gasteiger partial charge on any atom is -0.496 e. The zero-order valence-corrected chi connectivity index (χ0v) is 27.1. The van der Waals surface area contributed by atoms with Crippen molar-refractivity contribution in [3.63, 3.8) is 0 Å². The molecule has 3 aliphatic rings. The zero-order chi connectivity index (χ0) is 31.9. The fourth-order valence-corrected chi connectivity index (χ4v) is 7.76. The zero-order valence-electron chi connectivity index (χ0n) is 25.9. The van der Waals surface area contributed by atoms with E-state index in [1.807, 2.05) is 49.4 Å². The van der Waals surface area contributed by atoms with E-state index in [1.54, 1.807) is 24.1 Å². The van der Waals surface area contributed by atoms with Crippen molar-refractivity contribution in [1.82, 2.24) is 4.90 Å². The number of amides is 1. The van der Waals surface area contributed by atoms with E-state index in [2.05, 4.69) is 21.4 Å². The summed E-state index contributed by atoms with van der Waals surface area (Å²) in [6, 6.07) is 17.1. The first-order chi connectivity index (χ1) is 21.6. The maximum Gasteiger partial charge on any atom is 0.312 e. The van der Waals surface area contributed by atoms with Gasteiger partial charge in [-0.25, -0.2) is 0 Å². The van der Waals surface area contributed by atoms with Gasteiger partial charge in [0, 0.05) is 12.4 Å². The molecule has 3 aliphatic carbocycles. The number of rotatable bonds is 9. The van der Waals surface area contributed by atoms with Crippen molar-refractivity contribution in [2.24, 2.45) is 23.2 Å². The van der Waals surface area contributed by atoms with Crippen LogP contribution in [0.15, 0.2) is 66.7 Å². The van der Waals surface area contributed by atoms with E-state index in [0.717, 1.165) is 28.1 Å². The summed E-state index contributed by atoms with van der Waals surface area (Å²) in [5, 5.41) is 12.9. The number of methoxy groups -OCH3 is 1. The van der Waals surface area contributed by atoms with Crippen LogP contribution in [0.4, 0.5) is 0 Å². The van der Waals surface area contributed by atoms with Gasteiger partial charge in [-0.05, 0) is 79.3 Å². The van der Waals surface area contributed by atoms with Gasteiger partial charge in [-0.3, -0.25) is 14.4 Å². The molecule has 5 atom stereocenters. The lowest BCUT2D eigenvalue weighted by Gasteiger charge is -2.36. The summed E-state index contributed by atoms with van der Waals surface area (Å²) in [5.41, 5.74) is 0.712. The number of carbonyl (C=O) groups excluding carboxylic acids is 2. The van der Waals surface area contributed by atoms with E-state index >= 15 is 0 Å². The van der Waals surface area contributed by atoms with E-state index in [-0.39, 0.29) is 36.4 Å². The van der Waals surface area contributed by atoms with Crippen LogP contribution in [0.3, 0.4) is 0 Å². The van der Waals surface area contributed by atoms with Gasteiger partial charge in [-0.1, -0.05) is 54.6 Å². The first-order valence-electron chi connectivity index (χ1n) is 15.6. The van der Waals surface area contributed by atoms with Gasteiger partial charge in [0.25, 0.3) is 5.91 Å². The predicted molar refractivity (Wildman–Crippen MR) is 175 cm³/mol. The number of allylic oxidation sites excluding steroid dienone is 1. The molecule has 0 spiro atoms. The lowest BCUT2D eigenvalue weighted by Crippen LogP contribution is -2.47. The molecule has 8 nitrogen and oxygen atoms in total. The number of hydrogen-bond donors (Lipinski definition) is 1. The number of ether oxygens (including phenoxy) is 3. The van der Waals surface area contributed by atoms with Crippen molar-refractivity contribution in [2.75, 3.05) is 14.2 Å². The summed E-state index contributed by atoms with van der Waals surface area (Å²) in [5.74, 6) is -1.10. The van der Waals surface area contributed by atoms with Gasteiger partial charge in [0.05, 0.1) is 36.2 Å². The number of aliphatic carboxylic acids is 1. The van der Waals surface area contributed by atoms with Crippen LogP contribution in [0.1, 0.15) is 54.9 Å². The maximum atomic E-state index is 13.8. The van der Waals surface area contributed by atoms with Crippen molar-refractivity contribution in [1.29, 1.82) is 0 Å². The lowest BCUT2D eigenvalue weighted by atomic mass is 9.74. The Morgan fingerprint density at radius 3 is 2.44 bits per heavy atom. The van der Waals surface area contributed by atoms with Gasteiger partial charge in [-0.2, -0.15) is 0 Å². The highest BCUT2D eigenvalue weighted by molar-refractivity contribution is 7.27. The van der Waals surface area contributed by atoms with E-state index < -0.39 is 23.3 Å². The molecule has 3 aromatic rings. The molecule has 0 aliphatic heterocycles. The van der Waals surface area contributed by atoms with Crippen LogP contribution in [0.25, 0.3) is 10.8 Å². The molecule has 3 aromatic carbocycles. The topological polar surface area (TPSA) is 102 Å². The Labute approximate surface area is 265 Å². The Hall–Kier alpha value is -3.90. The summed E-state index contributed by atoms with van der Waals surface area (Å²) in [4.78, 5) is 40.7. The number of esters is 1. The molecule has 2 fully saturated rings. The molecule has 2 saturated carbocycles. The molecule has 236 valence electrons. The first-order valence-corrected chi connectivity index (χ1v) is 16.1. The second-order valence-corrected chi connectivity index (χ2v) is 13.5. The lowest BCUT2D eigenvalue weighted by molar-refractivity contribution is -0.159. The van der Waals surface area contributed by atoms with Crippen LogP contribution in [-0.4, -0.2) is 54.2 Å². The first kappa shape index (κ1) is 31.1. The summed E-state index contributed by atoms with van der Waals surface area (Å²) in [6.07, 6.45) is 7.18. The van der Waals surface area contributed by atoms with Gasteiger partial charge in [0.1, 0.15) is 18.1 Å². The van der Waals surface area contributed by atoms with Crippen LogP contribution in [-0.2, 0) is 20.9 Å². The number of carboxylic acids is 1. The van der Waals surface area contributed by atoms with Gasteiger partial charge in [-0.15, -0.1) is 9.24 Å². The highest BCUT2D eigenvalue weighted by atomic mass is 31.0. The quantitative estimate of drug-likeness (QED) is 0.182. The number of carboxylic acid groups (broad SMARTS) is 1. The summed E-state index contributed by atoms with van der Waals surface area (Å²) < 4.78 is 17.9. The Kier molecular flexibility index (Phi) is 8.62. The van der Waals surface area contributed by atoms with Crippen LogP contribution >= 0.6 is 9.24 Å². The fourth-order valence-electron chi connectivity index (χ4n) is 7.46. The monoisotopic (exact) mass is 629 g/mol. The highest BCUT2D eigenvalue weighted by Gasteiger charge is 2.51. The van der Waals surface area contributed by atoms with Crippen molar-refractivity contribution < 1.29 is 33.7 Å². The Morgan fingerprint density at radius 1 is 1.00 bits per heavy atom. The van der Waals surface area contributed by atoms with Crippen LogP contribution in [0.5, 0.6) is 11.5 Å². The molecule has 0 radical (unpaired) electrons. The Bertz CT molecular complexity index is 1660. The highest BCUT2D eigenvalue weighted by Crippen LogP contribution is 2.46. The molecule has 45 heavy (non-hydrogen) atoms. The Balaban J connectivity index is 1.11. The minimum atomic E-state index is -0.880. The van der Waals surface area contributed by atoms with Crippen LogP contribution in [0, 0.1) is 23.2 Å². The molecule has 0 saturated heterocycles. The molecular formula is C36H40NO7P. The van der Waals surface area contributed by atoms with E-state index in [0.29, 0.717) is 42.7 Å². The van der Waals surface area contributed by atoms with E-state index in [1.165, 1.54) is 7.11 Å². The minimum absolute atomic E-state index is 0.0167. The summed E-state index contributed by atoms with van der Waals surface area (Å²) in [7, 11) is 5.84. The van der Waals surface area contributed by atoms with Gasteiger partial charge < -0.3 is 24.2 Å². The second kappa shape index (κ2) is 12.5. The van der Waals surface area contributed by atoms with Gasteiger partial charge >= 0.3 is 11.9 Å². The predicted octanol–water partition coefficient (Wildman–Crippen LogP) is 5.77. The maximum absolute atomic E-state index is 13.8. The largest absolute Gasteiger partial charge is 0.496 e. The summed E-state index contributed by atoms with van der Waals surface area (Å²) in [6.45, 7) is 2.19. The third-order valence-corrected chi connectivity index (χ3v) is 10.5. The van der Waals surface area contributed by atoms with Gasteiger partial charge in [0.2, 0.25) is 0 Å². The number of hydrogen-bond acceptors (Lipinski definition) is 6. The molecule has 0 heterocycles. The third kappa shape index (κ3) is 5.93. The second-order valence-electron chi connectivity index (χ2n) is 12.9. The van der Waals surface area contributed by atoms with Gasteiger partial charge in [0.15, 0.2) is 0 Å². The van der Waals surface area contributed by atoms with E-state index in [9.17, 15) is 19.5 Å². The number of benzene rings is 3. The number of carbonyl (C=O) groups is 3. The van der Waals surface area contributed by atoms with E-state index in [4.69, 9.17) is 14.2 Å².